The van der Waals surface area contributed by atoms with E-state index in [-0.39, 0.29) is 62.7 Å². The van der Waals surface area contributed by atoms with Crippen LogP contribution in [0.2, 0.25) is 0 Å². The summed E-state index contributed by atoms with van der Waals surface area (Å²) in [6.07, 6.45) is 2.89. The minimum Gasteiger partial charge on any atom is -0.480 e. The van der Waals surface area contributed by atoms with Gasteiger partial charge in [-0.1, -0.05) is 60.7 Å². The third kappa shape index (κ3) is 37.8. The predicted molar refractivity (Wildman–Crippen MR) is 233 cm³/mol. The van der Waals surface area contributed by atoms with E-state index >= 15 is 0 Å². The van der Waals surface area contributed by atoms with Gasteiger partial charge in [-0.25, -0.2) is 0 Å². The molecule has 0 heterocycles. The lowest BCUT2D eigenvalue weighted by molar-refractivity contribution is -0.156. The molecule has 0 saturated carbocycles. The highest BCUT2D eigenvalue weighted by Gasteiger charge is 2.18. The van der Waals surface area contributed by atoms with Gasteiger partial charge in [-0.2, -0.15) is 0 Å². The molecule has 2 N–H and O–H groups in total. The number of nitrogens with zero attached hydrogens (tertiary/aromatic N) is 2. The van der Waals surface area contributed by atoms with Crippen molar-refractivity contribution in [3.63, 3.8) is 0 Å². The van der Waals surface area contributed by atoms with Gasteiger partial charge in [0, 0.05) is 19.3 Å². The Labute approximate surface area is 363 Å². The van der Waals surface area contributed by atoms with Crippen LogP contribution in [0.1, 0.15) is 112 Å². The Morgan fingerprint density at radius 1 is 0.525 bits per heavy atom. The number of carbonyl (C=O) groups excluding carboxylic acids is 5. The molecule has 0 saturated heterocycles. The number of hydrogen-bond donors (Lipinski definition) is 2. The topological polar surface area (TPSA) is 187 Å². The standard InChI is InChI=1S/C18H27NO4.C17H25NO4.C11H21NO4/c1-18(2,3)23-16(20)11-8-12-19(4)13-17(21)22-14-15-9-6-5-7-10-15;1-17(2,3)22-15(19)10-7-11-18-12-16(20)21-13-14-8-5-4-6-9-14;1-11(2,3)16-10(15)6-5-7-12(4)8-9(13)14/h5-7,9-10H,8,11-14H2,1-4H3;4-6,8-9,18H,7,10-13H2,1-3H3;5-8H2,1-4H3,(H,13,14). The first-order valence-electron chi connectivity index (χ1n) is 20.7. The van der Waals surface area contributed by atoms with Gasteiger partial charge in [-0.3, -0.25) is 38.6 Å². The quantitative estimate of drug-likeness (QED) is 0.0757. The van der Waals surface area contributed by atoms with Gasteiger partial charge in [0.25, 0.3) is 0 Å². The Balaban J connectivity index is 0.000000902. The molecule has 0 radical (unpaired) electrons. The van der Waals surface area contributed by atoms with E-state index in [2.05, 4.69) is 5.32 Å². The summed E-state index contributed by atoms with van der Waals surface area (Å²) < 4.78 is 25.9. The summed E-state index contributed by atoms with van der Waals surface area (Å²) in [7, 11) is 3.54. The van der Waals surface area contributed by atoms with Crippen molar-refractivity contribution in [3.8, 4) is 0 Å². The van der Waals surface area contributed by atoms with Gasteiger partial charge >= 0.3 is 35.8 Å². The summed E-state index contributed by atoms with van der Waals surface area (Å²) in [6, 6.07) is 19.1. The van der Waals surface area contributed by atoms with Crippen LogP contribution < -0.4 is 5.32 Å². The number of nitrogens with one attached hydrogen (secondary N) is 1. The lowest BCUT2D eigenvalue weighted by atomic mass is 10.2. The molecule has 0 spiro atoms. The third-order valence-electron chi connectivity index (χ3n) is 7.39. The molecule has 0 aliphatic heterocycles. The van der Waals surface area contributed by atoms with Crippen molar-refractivity contribution in [1.82, 2.24) is 15.1 Å². The molecular formula is C46H73N3O12. The Morgan fingerprint density at radius 2 is 0.885 bits per heavy atom. The first-order valence-corrected chi connectivity index (χ1v) is 20.7. The van der Waals surface area contributed by atoms with Crippen LogP contribution in [-0.2, 0) is 65.7 Å². The Bertz CT molecular complexity index is 1570. The van der Waals surface area contributed by atoms with Crippen molar-refractivity contribution in [3.05, 3.63) is 71.8 Å². The van der Waals surface area contributed by atoms with Crippen molar-refractivity contribution in [1.29, 1.82) is 0 Å². The molecular weight excluding hydrogens is 787 g/mol. The summed E-state index contributed by atoms with van der Waals surface area (Å²) >= 11 is 0. The number of likely N-dealkylation sites (N-methyl/N-ethyl adjacent to an activating group) is 2. The molecule has 0 fully saturated rings. The Morgan fingerprint density at radius 3 is 1.26 bits per heavy atom. The maximum absolute atomic E-state index is 11.8. The first-order chi connectivity index (χ1) is 28.3. The highest BCUT2D eigenvalue weighted by atomic mass is 16.6. The maximum Gasteiger partial charge on any atom is 0.320 e. The second kappa shape index (κ2) is 30.2. The van der Waals surface area contributed by atoms with E-state index in [0.29, 0.717) is 58.2 Å². The summed E-state index contributed by atoms with van der Waals surface area (Å²) in [4.78, 5) is 71.5. The van der Waals surface area contributed by atoms with Gasteiger partial charge in [0.15, 0.2) is 0 Å². The Kier molecular flexibility index (Phi) is 27.8. The van der Waals surface area contributed by atoms with Crippen LogP contribution in [0.4, 0.5) is 0 Å². The number of benzene rings is 2. The smallest absolute Gasteiger partial charge is 0.320 e. The number of ether oxygens (including phenoxy) is 5. The molecule has 0 atom stereocenters. The van der Waals surface area contributed by atoms with Crippen molar-refractivity contribution in [2.24, 2.45) is 0 Å². The molecule has 15 heteroatoms. The molecule has 2 aromatic rings. The molecule has 0 aliphatic carbocycles. The molecule has 15 nitrogen and oxygen atoms in total. The fourth-order valence-electron chi connectivity index (χ4n) is 4.89. The third-order valence-corrected chi connectivity index (χ3v) is 7.39. The fourth-order valence-corrected chi connectivity index (χ4v) is 4.89. The lowest BCUT2D eigenvalue weighted by Gasteiger charge is -2.20. The van der Waals surface area contributed by atoms with E-state index in [1.807, 2.05) is 135 Å². The number of carboxylic acids is 1. The largest absolute Gasteiger partial charge is 0.480 e. The molecule has 0 amide bonds. The van der Waals surface area contributed by atoms with Crippen LogP contribution in [0.25, 0.3) is 0 Å². The van der Waals surface area contributed by atoms with E-state index in [1.54, 1.807) is 11.9 Å². The maximum atomic E-state index is 11.8. The number of carboxylic acid groups (broad SMARTS) is 1. The van der Waals surface area contributed by atoms with Crippen LogP contribution in [0, 0.1) is 0 Å². The summed E-state index contributed by atoms with van der Waals surface area (Å²) in [6.45, 7) is 19.2. The number of rotatable bonds is 22. The van der Waals surface area contributed by atoms with Crippen LogP contribution in [0.15, 0.2) is 60.7 Å². The van der Waals surface area contributed by atoms with Crippen molar-refractivity contribution in [2.45, 2.75) is 131 Å². The normalized spacial score (nSPS) is 11.3. The second-order valence-corrected chi connectivity index (χ2v) is 17.4. The summed E-state index contributed by atoms with van der Waals surface area (Å²) in [5.41, 5.74) is 0.564. The highest BCUT2D eigenvalue weighted by molar-refractivity contribution is 5.72. The number of esters is 5. The molecule has 344 valence electrons. The van der Waals surface area contributed by atoms with Gasteiger partial charge in [0.1, 0.15) is 30.0 Å². The fraction of sp³-hybridized carbons (Fsp3) is 0.609. The molecule has 0 bridgehead atoms. The van der Waals surface area contributed by atoms with Crippen LogP contribution in [0.3, 0.4) is 0 Å². The van der Waals surface area contributed by atoms with Crippen LogP contribution in [-0.4, -0.2) is 121 Å². The van der Waals surface area contributed by atoms with Gasteiger partial charge in [-0.15, -0.1) is 0 Å². The second-order valence-electron chi connectivity index (χ2n) is 17.4. The SMILES string of the molecule is CC(C)(C)OC(=O)CCCNCC(=O)OCc1ccccc1.CN(CCCC(=O)OC(C)(C)C)CC(=O)O.CN(CCCC(=O)OC(C)(C)C)CC(=O)OCc1ccccc1. The van der Waals surface area contributed by atoms with Gasteiger partial charge in [-0.05, 0) is 126 Å². The molecule has 0 unspecified atom stereocenters. The molecule has 0 aromatic heterocycles. The van der Waals surface area contributed by atoms with E-state index < -0.39 is 22.8 Å². The monoisotopic (exact) mass is 860 g/mol. The minimum absolute atomic E-state index is 0.00564. The average molecular weight is 860 g/mol. The van der Waals surface area contributed by atoms with E-state index in [0.717, 1.165) is 11.1 Å². The number of hydrogen-bond acceptors (Lipinski definition) is 14. The minimum atomic E-state index is -0.861. The summed E-state index contributed by atoms with van der Waals surface area (Å²) in [5.74, 6) is -2.11. The number of aliphatic carboxylic acids is 1. The van der Waals surface area contributed by atoms with E-state index in [4.69, 9.17) is 28.8 Å². The van der Waals surface area contributed by atoms with Gasteiger partial charge in [0.2, 0.25) is 0 Å². The summed E-state index contributed by atoms with van der Waals surface area (Å²) in [5, 5.41) is 11.5. The van der Waals surface area contributed by atoms with E-state index in [1.165, 1.54) is 0 Å². The lowest BCUT2D eigenvalue weighted by Crippen LogP contribution is -2.29. The number of carbonyl (C=O) groups is 6. The zero-order valence-corrected chi connectivity index (χ0v) is 38.5. The van der Waals surface area contributed by atoms with E-state index in [9.17, 15) is 28.8 Å². The van der Waals surface area contributed by atoms with Crippen molar-refractivity contribution in [2.75, 3.05) is 53.4 Å². The zero-order chi connectivity index (χ0) is 46.5. The molecule has 61 heavy (non-hydrogen) atoms. The van der Waals surface area contributed by atoms with Gasteiger partial charge < -0.3 is 34.1 Å². The van der Waals surface area contributed by atoms with Crippen molar-refractivity contribution >= 4 is 35.8 Å². The molecule has 2 rings (SSSR count). The first kappa shape index (κ1) is 56.1. The predicted octanol–water partition coefficient (Wildman–Crippen LogP) is 6.35. The Hall–Kier alpha value is -4.86. The highest BCUT2D eigenvalue weighted by Crippen LogP contribution is 2.11. The molecule has 0 aliphatic rings. The average Bonchev–Trinajstić information content (AvgIpc) is 3.12. The van der Waals surface area contributed by atoms with Crippen LogP contribution >= 0.6 is 0 Å². The van der Waals surface area contributed by atoms with Crippen molar-refractivity contribution < 1.29 is 57.6 Å². The molecule has 2 aromatic carbocycles. The zero-order valence-electron chi connectivity index (χ0n) is 38.5. The van der Waals surface area contributed by atoms with Gasteiger partial charge in [0.05, 0.1) is 19.6 Å². The van der Waals surface area contributed by atoms with Crippen LogP contribution in [0.5, 0.6) is 0 Å².